The molecule has 0 bridgehead atoms. The standard InChI is InChI=1S/C19H22O5S/c1-15-8-10-17(11-9-15)25(20,21)23-13-18-19(2,24-18)14-22-12-16-6-4-3-5-7-16/h3-11,18H,12-14H2,1-2H3/t18-,19+/m0/s1. The Bertz CT molecular complexity index is 801. The van der Waals surface area contributed by atoms with Gasteiger partial charge in [0, 0.05) is 0 Å². The van der Waals surface area contributed by atoms with E-state index in [0.717, 1.165) is 11.1 Å². The summed E-state index contributed by atoms with van der Waals surface area (Å²) in [5.41, 5.74) is 1.58. The fourth-order valence-electron chi connectivity index (χ4n) is 2.50. The molecule has 0 amide bonds. The SMILES string of the molecule is Cc1ccc(S(=O)(=O)OC[C@@H]2O[C@]2(C)COCc2ccccc2)cc1. The predicted octanol–water partition coefficient (Wildman–Crippen LogP) is 3.07. The molecule has 1 saturated heterocycles. The minimum absolute atomic E-state index is 0.0125. The van der Waals surface area contributed by atoms with Gasteiger partial charge in [-0.2, -0.15) is 8.42 Å². The largest absolute Gasteiger partial charge is 0.374 e. The number of rotatable bonds is 8. The molecule has 0 N–H and O–H groups in total. The van der Waals surface area contributed by atoms with Gasteiger partial charge in [0.25, 0.3) is 10.1 Å². The van der Waals surface area contributed by atoms with Gasteiger partial charge in [0.2, 0.25) is 0 Å². The molecule has 0 unspecified atom stereocenters. The van der Waals surface area contributed by atoms with E-state index in [1.807, 2.05) is 44.2 Å². The average molecular weight is 362 g/mol. The van der Waals surface area contributed by atoms with Gasteiger partial charge in [-0.1, -0.05) is 48.0 Å². The maximum absolute atomic E-state index is 12.2. The smallest absolute Gasteiger partial charge is 0.297 e. The average Bonchev–Trinajstić information content (AvgIpc) is 3.25. The van der Waals surface area contributed by atoms with E-state index in [9.17, 15) is 8.42 Å². The molecule has 3 rings (SSSR count). The van der Waals surface area contributed by atoms with Crippen LogP contribution in [0.5, 0.6) is 0 Å². The van der Waals surface area contributed by atoms with Crippen LogP contribution in [-0.4, -0.2) is 33.3 Å². The third-order valence-electron chi connectivity index (χ3n) is 4.22. The molecule has 2 aromatic carbocycles. The maximum atomic E-state index is 12.2. The van der Waals surface area contributed by atoms with Crippen molar-refractivity contribution in [2.45, 2.75) is 37.1 Å². The van der Waals surface area contributed by atoms with Crippen LogP contribution in [0.25, 0.3) is 0 Å². The van der Waals surface area contributed by atoms with Crippen LogP contribution in [0.3, 0.4) is 0 Å². The molecule has 0 aliphatic carbocycles. The zero-order chi connectivity index (χ0) is 17.9. The summed E-state index contributed by atoms with van der Waals surface area (Å²) in [6, 6.07) is 16.4. The number of benzene rings is 2. The van der Waals surface area contributed by atoms with Crippen LogP contribution < -0.4 is 0 Å². The summed E-state index contributed by atoms with van der Waals surface area (Å²) in [7, 11) is -3.77. The minimum Gasteiger partial charge on any atom is -0.374 e. The summed E-state index contributed by atoms with van der Waals surface area (Å²) in [5, 5.41) is 0. The number of hydrogen-bond acceptors (Lipinski definition) is 5. The molecule has 25 heavy (non-hydrogen) atoms. The van der Waals surface area contributed by atoms with Crippen molar-refractivity contribution in [3.63, 3.8) is 0 Å². The molecular weight excluding hydrogens is 340 g/mol. The molecule has 0 spiro atoms. The van der Waals surface area contributed by atoms with E-state index in [-0.39, 0.29) is 17.6 Å². The molecule has 1 aliphatic heterocycles. The van der Waals surface area contributed by atoms with Gasteiger partial charge < -0.3 is 9.47 Å². The van der Waals surface area contributed by atoms with Gasteiger partial charge in [0.15, 0.2) is 0 Å². The van der Waals surface area contributed by atoms with Gasteiger partial charge in [0.05, 0.1) is 24.7 Å². The zero-order valence-corrected chi connectivity index (χ0v) is 15.2. The Labute approximate surface area is 148 Å². The molecule has 1 heterocycles. The van der Waals surface area contributed by atoms with Crippen molar-refractivity contribution in [2.24, 2.45) is 0 Å². The molecule has 2 atom stereocenters. The molecule has 0 aromatic heterocycles. The van der Waals surface area contributed by atoms with E-state index in [1.165, 1.54) is 0 Å². The van der Waals surface area contributed by atoms with Crippen molar-refractivity contribution in [3.05, 3.63) is 65.7 Å². The van der Waals surface area contributed by atoms with Crippen molar-refractivity contribution in [1.82, 2.24) is 0 Å². The van der Waals surface area contributed by atoms with E-state index in [0.29, 0.717) is 13.2 Å². The lowest BCUT2D eigenvalue weighted by molar-refractivity contribution is 0.0742. The van der Waals surface area contributed by atoms with Gasteiger partial charge in [0.1, 0.15) is 11.7 Å². The molecule has 2 aromatic rings. The highest BCUT2D eigenvalue weighted by molar-refractivity contribution is 7.86. The summed E-state index contributed by atoms with van der Waals surface area (Å²) < 4.78 is 40.7. The third kappa shape index (κ3) is 4.67. The third-order valence-corrected chi connectivity index (χ3v) is 5.52. The quantitative estimate of drug-likeness (QED) is 0.533. The van der Waals surface area contributed by atoms with Crippen LogP contribution >= 0.6 is 0 Å². The Morgan fingerprint density at radius 2 is 1.76 bits per heavy atom. The first-order valence-corrected chi connectivity index (χ1v) is 9.55. The van der Waals surface area contributed by atoms with Crippen LogP contribution in [0.4, 0.5) is 0 Å². The lowest BCUT2D eigenvalue weighted by Crippen LogP contribution is -2.22. The number of hydrogen-bond donors (Lipinski definition) is 0. The van der Waals surface area contributed by atoms with Gasteiger partial charge in [-0.15, -0.1) is 0 Å². The molecular formula is C19H22O5S. The second kappa shape index (κ2) is 7.25. The molecule has 1 fully saturated rings. The topological polar surface area (TPSA) is 65.1 Å². The van der Waals surface area contributed by atoms with E-state index >= 15 is 0 Å². The van der Waals surface area contributed by atoms with Crippen molar-refractivity contribution in [3.8, 4) is 0 Å². The zero-order valence-electron chi connectivity index (χ0n) is 14.3. The second-order valence-electron chi connectivity index (χ2n) is 6.45. The monoisotopic (exact) mass is 362 g/mol. The van der Waals surface area contributed by atoms with Gasteiger partial charge in [-0.05, 0) is 31.5 Å². The van der Waals surface area contributed by atoms with Crippen LogP contribution in [0.1, 0.15) is 18.1 Å². The van der Waals surface area contributed by atoms with Crippen molar-refractivity contribution >= 4 is 10.1 Å². The fraction of sp³-hybridized carbons (Fsp3) is 0.368. The molecule has 6 heteroatoms. The van der Waals surface area contributed by atoms with Crippen LogP contribution in [0, 0.1) is 6.92 Å². The minimum atomic E-state index is -3.77. The lowest BCUT2D eigenvalue weighted by Gasteiger charge is -2.09. The number of epoxide rings is 1. The van der Waals surface area contributed by atoms with E-state index in [1.54, 1.807) is 24.3 Å². The Balaban J connectivity index is 1.46. The fourth-order valence-corrected chi connectivity index (χ4v) is 3.41. The molecule has 5 nitrogen and oxygen atoms in total. The van der Waals surface area contributed by atoms with Crippen LogP contribution in [-0.2, 0) is 30.4 Å². The van der Waals surface area contributed by atoms with Crippen LogP contribution in [0.15, 0.2) is 59.5 Å². The first-order chi connectivity index (χ1) is 11.9. The summed E-state index contributed by atoms with van der Waals surface area (Å²) in [4.78, 5) is 0.154. The van der Waals surface area contributed by atoms with E-state index in [2.05, 4.69) is 0 Å². The maximum Gasteiger partial charge on any atom is 0.297 e. The lowest BCUT2D eigenvalue weighted by atomic mass is 10.1. The molecule has 1 aliphatic rings. The normalized spacial score (nSPS) is 22.7. The van der Waals surface area contributed by atoms with Gasteiger partial charge >= 0.3 is 0 Å². The van der Waals surface area contributed by atoms with Gasteiger partial charge in [-0.25, -0.2) is 0 Å². The summed E-state index contributed by atoms with van der Waals surface area (Å²) in [6.45, 7) is 4.66. The Morgan fingerprint density at radius 1 is 1.08 bits per heavy atom. The number of aryl methyl sites for hydroxylation is 1. The van der Waals surface area contributed by atoms with Crippen molar-refractivity contribution in [1.29, 1.82) is 0 Å². The summed E-state index contributed by atoms with van der Waals surface area (Å²) in [6.07, 6.45) is -0.288. The van der Waals surface area contributed by atoms with E-state index in [4.69, 9.17) is 13.7 Å². The Morgan fingerprint density at radius 3 is 2.44 bits per heavy atom. The molecule has 0 saturated carbocycles. The number of ether oxygens (including phenoxy) is 2. The van der Waals surface area contributed by atoms with Crippen molar-refractivity contribution < 1.29 is 22.1 Å². The van der Waals surface area contributed by atoms with E-state index < -0.39 is 15.7 Å². The van der Waals surface area contributed by atoms with Gasteiger partial charge in [-0.3, -0.25) is 4.18 Å². The molecule has 134 valence electrons. The van der Waals surface area contributed by atoms with Crippen LogP contribution in [0.2, 0.25) is 0 Å². The molecule has 0 radical (unpaired) electrons. The van der Waals surface area contributed by atoms with Crippen molar-refractivity contribution in [2.75, 3.05) is 13.2 Å². The highest BCUT2D eigenvalue weighted by atomic mass is 32.2. The predicted molar refractivity (Wildman–Crippen MR) is 93.7 cm³/mol. The highest BCUT2D eigenvalue weighted by Crippen LogP contribution is 2.37. The second-order valence-corrected chi connectivity index (χ2v) is 8.06. The summed E-state index contributed by atoms with van der Waals surface area (Å²) >= 11 is 0. The first kappa shape index (κ1) is 18.1. The Hall–Kier alpha value is -1.73. The highest BCUT2D eigenvalue weighted by Gasteiger charge is 2.53. The summed E-state index contributed by atoms with van der Waals surface area (Å²) in [5.74, 6) is 0. The Kier molecular flexibility index (Phi) is 5.24. The first-order valence-electron chi connectivity index (χ1n) is 8.15.